The van der Waals surface area contributed by atoms with Gasteiger partial charge in [-0.3, -0.25) is 0 Å². The number of hydrogen-bond donors (Lipinski definition) is 3. The molecule has 0 rings (SSSR count). The molecule has 0 aliphatic rings. The molecule has 0 heterocycles. The van der Waals surface area contributed by atoms with Crippen LogP contribution < -0.4 is 11.5 Å². The van der Waals surface area contributed by atoms with Crippen molar-refractivity contribution < 1.29 is 5.11 Å². The minimum absolute atomic E-state index is 0.345. The van der Waals surface area contributed by atoms with Crippen LogP contribution in [0.15, 0.2) is 0 Å². The van der Waals surface area contributed by atoms with Crippen LogP contribution in [0.1, 0.15) is 6.42 Å². The molecule has 0 aliphatic carbocycles. The maximum absolute atomic E-state index is 8.98. The summed E-state index contributed by atoms with van der Waals surface area (Å²) in [5.74, 6) is 1.75. The first-order valence-corrected chi connectivity index (χ1v) is 4.62. The Morgan fingerprint density at radius 3 is 2.60 bits per heavy atom. The van der Waals surface area contributed by atoms with E-state index >= 15 is 0 Å². The second-order valence-electron chi connectivity index (χ2n) is 2.11. The van der Waals surface area contributed by atoms with E-state index in [1.807, 2.05) is 0 Å². The van der Waals surface area contributed by atoms with Crippen LogP contribution in [0.25, 0.3) is 0 Å². The Kier molecular flexibility index (Phi) is 7.51. The number of nitrogens with two attached hydrogens (primary N) is 2. The topological polar surface area (TPSA) is 72.3 Å². The predicted molar refractivity (Wildman–Crippen MR) is 46.1 cm³/mol. The second kappa shape index (κ2) is 7.34. The molecule has 0 aromatic heterocycles. The SMILES string of the molecule is NCCCSCC(O)CN. The van der Waals surface area contributed by atoms with E-state index in [4.69, 9.17) is 16.6 Å². The van der Waals surface area contributed by atoms with E-state index in [9.17, 15) is 0 Å². The molecule has 0 radical (unpaired) electrons. The first-order valence-electron chi connectivity index (χ1n) is 3.47. The summed E-state index contributed by atoms with van der Waals surface area (Å²) in [4.78, 5) is 0. The molecule has 0 bridgehead atoms. The zero-order chi connectivity index (χ0) is 7.82. The first-order chi connectivity index (χ1) is 4.81. The van der Waals surface area contributed by atoms with Gasteiger partial charge in [0.1, 0.15) is 0 Å². The van der Waals surface area contributed by atoms with Crippen molar-refractivity contribution in [3.8, 4) is 0 Å². The summed E-state index contributed by atoms with van der Waals surface area (Å²) in [6, 6.07) is 0. The minimum Gasteiger partial charge on any atom is -0.391 e. The highest BCUT2D eigenvalue weighted by Gasteiger charge is 1.98. The van der Waals surface area contributed by atoms with E-state index in [2.05, 4.69) is 0 Å². The summed E-state index contributed by atoms with van der Waals surface area (Å²) in [7, 11) is 0. The third-order valence-electron chi connectivity index (χ3n) is 1.08. The molecule has 4 heteroatoms. The van der Waals surface area contributed by atoms with Gasteiger partial charge in [-0.15, -0.1) is 0 Å². The lowest BCUT2D eigenvalue weighted by atomic mass is 10.4. The number of aliphatic hydroxyl groups is 1. The Morgan fingerprint density at radius 2 is 2.10 bits per heavy atom. The van der Waals surface area contributed by atoms with E-state index < -0.39 is 0 Å². The van der Waals surface area contributed by atoms with Crippen LogP contribution >= 0.6 is 11.8 Å². The van der Waals surface area contributed by atoms with Crippen molar-refractivity contribution in [3.63, 3.8) is 0 Å². The number of aliphatic hydroxyl groups excluding tert-OH is 1. The van der Waals surface area contributed by atoms with Crippen LogP contribution in [-0.4, -0.2) is 35.8 Å². The highest BCUT2D eigenvalue weighted by Crippen LogP contribution is 2.02. The van der Waals surface area contributed by atoms with Crippen molar-refractivity contribution >= 4 is 11.8 Å². The lowest BCUT2D eigenvalue weighted by Crippen LogP contribution is -2.22. The molecule has 0 aliphatic heterocycles. The highest BCUT2D eigenvalue weighted by atomic mass is 32.2. The van der Waals surface area contributed by atoms with E-state index in [1.54, 1.807) is 11.8 Å². The standard InChI is InChI=1S/C6H16N2OS/c7-2-1-3-10-5-6(9)4-8/h6,9H,1-5,7-8H2. The summed E-state index contributed by atoms with van der Waals surface area (Å²) < 4.78 is 0. The maximum Gasteiger partial charge on any atom is 0.0752 e. The van der Waals surface area contributed by atoms with Crippen molar-refractivity contribution in [3.05, 3.63) is 0 Å². The number of thioether (sulfide) groups is 1. The molecule has 0 spiro atoms. The zero-order valence-electron chi connectivity index (χ0n) is 6.12. The van der Waals surface area contributed by atoms with Gasteiger partial charge < -0.3 is 16.6 Å². The third-order valence-corrected chi connectivity index (χ3v) is 2.27. The first kappa shape index (κ1) is 10.2. The molecule has 0 fully saturated rings. The molecule has 0 aromatic carbocycles. The molecule has 0 saturated carbocycles. The second-order valence-corrected chi connectivity index (χ2v) is 3.26. The minimum atomic E-state index is -0.345. The summed E-state index contributed by atoms with van der Waals surface area (Å²) in [6.07, 6.45) is 0.671. The van der Waals surface area contributed by atoms with Gasteiger partial charge in [-0.1, -0.05) is 0 Å². The van der Waals surface area contributed by atoms with Gasteiger partial charge in [-0.25, -0.2) is 0 Å². The lowest BCUT2D eigenvalue weighted by molar-refractivity contribution is 0.208. The normalized spacial score (nSPS) is 13.5. The average molecular weight is 164 g/mol. The van der Waals surface area contributed by atoms with Gasteiger partial charge in [0.2, 0.25) is 0 Å². The van der Waals surface area contributed by atoms with Gasteiger partial charge in [-0.2, -0.15) is 11.8 Å². The van der Waals surface area contributed by atoms with Crippen LogP contribution in [0.5, 0.6) is 0 Å². The Balaban J connectivity index is 2.89. The third kappa shape index (κ3) is 6.35. The van der Waals surface area contributed by atoms with Crippen LogP contribution in [0.3, 0.4) is 0 Å². The number of rotatable bonds is 6. The quantitative estimate of drug-likeness (QED) is 0.458. The fourth-order valence-corrected chi connectivity index (χ4v) is 1.42. The highest BCUT2D eigenvalue weighted by molar-refractivity contribution is 7.99. The molecule has 10 heavy (non-hydrogen) atoms. The molecule has 62 valence electrons. The molecule has 0 aromatic rings. The smallest absolute Gasteiger partial charge is 0.0752 e. The maximum atomic E-state index is 8.98. The van der Waals surface area contributed by atoms with Gasteiger partial charge in [0, 0.05) is 12.3 Å². The molecular formula is C6H16N2OS. The Morgan fingerprint density at radius 1 is 1.40 bits per heavy atom. The van der Waals surface area contributed by atoms with Gasteiger partial charge in [-0.05, 0) is 18.7 Å². The van der Waals surface area contributed by atoms with Gasteiger partial charge in [0.05, 0.1) is 6.10 Å². The Bertz CT molecular complexity index is 72.8. The fraction of sp³-hybridized carbons (Fsp3) is 1.00. The van der Waals surface area contributed by atoms with Crippen molar-refractivity contribution in [2.75, 3.05) is 24.6 Å². The van der Waals surface area contributed by atoms with Gasteiger partial charge in [0.25, 0.3) is 0 Å². The van der Waals surface area contributed by atoms with Crippen molar-refractivity contribution in [2.24, 2.45) is 11.5 Å². The fourth-order valence-electron chi connectivity index (χ4n) is 0.473. The summed E-state index contributed by atoms with van der Waals surface area (Å²) >= 11 is 1.70. The van der Waals surface area contributed by atoms with Crippen molar-refractivity contribution in [1.82, 2.24) is 0 Å². The van der Waals surface area contributed by atoms with Gasteiger partial charge >= 0.3 is 0 Å². The van der Waals surface area contributed by atoms with E-state index in [0.29, 0.717) is 6.54 Å². The molecular weight excluding hydrogens is 148 g/mol. The Labute approximate surface area is 66.2 Å². The van der Waals surface area contributed by atoms with E-state index in [1.165, 1.54) is 0 Å². The molecule has 5 N–H and O–H groups in total. The number of hydrogen-bond acceptors (Lipinski definition) is 4. The van der Waals surface area contributed by atoms with Crippen LogP contribution in [-0.2, 0) is 0 Å². The van der Waals surface area contributed by atoms with E-state index in [-0.39, 0.29) is 6.10 Å². The monoisotopic (exact) mass is 164 g/mol. The molecule has 1 unspecified atom stereocenters. The summed E-state index contributed by atoms with van der Waals surface area (Å²) in [6.45, 7) is 1.08. The molecule has 3 nitrogen and oxygen atoms in total. The van der Waals surface area contributed by atoms with Crippen LogP contribution in [0, 0.1) is 0 Å². The zero-order valence-corrected chi connectivity index (χ0v) is 6.94. The predicted octanol–water partition coefficient (Wildman–Crippen LogP) is -0.612. The van der Waals surface area contributed by atoms with Crippen molar-refractivity contribution in [1.29, 1.82) is 0 Å². The molecule has 1 atom stereocenters. The average Bonchev–Trinajstić information content (AvgIpc) is 1.98. The van der Waals surface area contributed by atoms with Crippen LogP contribution in [0.2, 0.25) is 0 Å². The lowest BCUT2D eigenvalue weighted by Gasteiger charge is -2.05. The van der Waals surface area contributed by atoms with Gasteiger partial charge in [0.15, 0.2) is 0 Å². The summed E-state index contributed by atoms with van der Waals surface area (Å²) in [5.41, 5.74) is 10.5. The Hall–Kier alpha value is 0.230. The largest absolute Gasteiger partial charge is 0.391 e. The summed E-state index contributed by atoms with van der Waals surface area (Å²) in [5, 5.41) is 8.98. The van der Waals surface area contributed by atoms with Crippen LogP contribution in [0.4, 0.5) is 0 Å². The van der Waals surface area contributed by atoms with E-state index in [0.717, 1.165) is 24.5 Å². The molecule has 0 amide bonds. The molecule has 0 saturated heterocycles. The van der Waals surface area contributed by atoms with Crippen molar-refractivity contribution in [2.45, 2.75) is 12.5 Å².